The highest BCUT2D eigenvalue weighted by Crippen LogP contribution is 2.22. The number of ether oxygens (including phenoxy) is 1. The molecule has 1 heterocycles. The molecule has 2 atom stereocenters. The van der Waals surface area contributed by atoms with E-state index in [-0.39, 0.29) is 0 Å². The first kappa shape index (κ1) is 12.2. The van der Waals surface area contributed by atoms with Crippen LogP contribution in [0.5, 0.6) is 0 Å². The lowest BCUT2D eigenvalue weighted by Crippen LogP contribution is -2.27. The number of aromatic nitrogens is 2. The molecular formula is C11H21N3O. The van der Waals surface area contributed by atoms with Crippen LogP contribution >= 0.6 is 0 Å². The average molecular weight is 211 g/mol. The fraction of sp³-hybridized carbons (Fsp3) is 0.727. The molecule has 0 radical (unpaired) electrons. The molecule has 0 aliphatic rings. The highest BCUT2D eigenvalue weighted by atomic mass is 16.5. The highest BCUT2D eigenvalue weighted by molar-refractivity contribution is 5.00. The van der Waals surface area contributed by atoms with Crippen molar-refractivity contribution in [2.45, 2.75) is 19.4 Å². The van der Waals surface area contributed by atoms with Gasteiger partial charge in [-0.15, -0.1) is 0 Å². The maximum atomic E-state index is 5.10. The second-order valence-corrected chi connectivity index (χ2v) is 3.92. The van der Waals surface area contributed by atoms with E-state index in [0.717, 1.165) is 18.9 Å². The quantitative estimate of drug-likeness (QED) is 0.772. The molecule has 0 aliphatic carbocycles. The van der Waals surface area contributed by atoms with Crippen molar-refractivity contribution in [2.24, 2.45) is 13.0 Å². The summed E-state index contributed by atoms with van der Waals surface area (Å²) in [6.07, 6.45) is 4.85. The number of nitrogens with one attached hydrogen (secondary N) is 1. The molecule has 0 aromatic carbocycles. The number of imidazole rings is 1. The molecule has 0 spiro atoms. The maximum absolute atomic E-state index is 5.10. The summed E-state index contributed by atoms with van der Waals surface area (Å²) in [6.45, 7) is 3.01. The molecule has 0 bridgehead atoms. The third kappa shape index (κ3) is 3.04. The molecule has 86 valence electrons. The van der Waals surface area contributed by atoms with E-state index in [1.54, 1.807) is 7.11 Å². The molecule has 1 rings (SSSR count). The van der Waals surface area contributed by atoms with Crippen LogP contribution in [0.2, 0.25) is 0 Å². The first-order chi connectivity index (χ1) is 7.20. The molecule has 0 aliphatic heterocycles. The van der Waals surface area contributed by atoms with Gasteiger partial charge in [-0.05, 0) is 19.4 Å². The third-order valence-electron chi connectivity index (χ3n) is 2.79. The lowest BCUT2D eigenvalue weighted by molar-refractivity contribution is 0.170. The van der Waals surface area contributed by atoms with Crippen LogP contribution in [-0.4, -0.2) is 30.3 Å². The number of rotatable bonds is 6. The Morgan fingerprint density at radius 1 is 1.60 bits per heavy atom. The minimum absolute atomic E-state index is 0.292. The molecule has 4 heteroatoms. The van der Waals surface area contributed by atoms with E-state index in [4.69, 9.17) is 4.74 Å². The van der Waals surface area contributed by atoms with Crippen molar-refractivity contribution in [1.82, 2.24) is 14.9 Å². The Labute approximate surface area is 91.7 Å². The van der Waals surface area contributed by atoms with Crippen LogP contribution < -0.4 is 5.32 Å². The highest BCUT2D eigenvalue weighted by Gasteiger charge is 2.20. The SMILES string of the molecule is CNC(c1nccn1C)C(C)CCOC. The molecular weight excluding hydrogens is 190 g/mol. The van der Waals surface area contributed by atoms with Gasteiger partial charge in [0, 0.05) is 33.2 Å². The fourth-order valence-corrected chi connectivity index (χ4v) is 1.82. The van der Waals surface area contributed by atoms with E-state index in [1.165, 1.54) is 0 Å². The molecule has 0 saturated carbocycles. The van der Waals surface area contributed by atoms with E-state index >= 15 is 0 Å². The van der Waals surface area contributed by atoms with Crippen molar-refractivity contribution < 1.29 is 4.74 Å². The van der Waals surface area contributed by atoms with E-state index in [0.29, 0.717) is 12.0 Å². The molecule has 4 nitrogen and oxygen atoms in total. The number of hydrogen-bond acceptors (Lipinski definition) is 3. The Hall–Kier alpha value is -0.870. The standard InChI is InChI=1S/C11H21N3O/c1-9(5-8-15-4)10(12-2)11-13-6-7-14(11)3/h6-7,9-10,12H,5,8H2,1-4H3. The van der Waals surface area contributed by atoms with E-state index in [9.17, 15) is 0 Å². The Kier molecular flexibility index (Phi) is 4.78. The topological polar surface area (TPSA) is 39.1 Å². The summed E-state index contributed by atoms with van der Waals surface area (Å²) in [5.41, 5.74) is 0. The zero-order chi connectivity index (χ0) is 11.3. The second-order valence-electron chi connectivity index (χ2n) is 3.92. The molecule has 0 amide bonds. The van der Waals surface area contributed by atoms with Crippen molar-refractivity contribution in [2.75, 3.05) is 20.8 Å². The molecule has 0 fully saturated rings. The summed E-state index contributed by atoms with van der Waals surface area (Å²) in [5, 5.41) is 3.32. The first-order valence-electron chi connectivity index (χ1n) is 5.34. The lowest BCUT2D eigenvalue weighted by Gasteiger charge is -2.22. The van der Waals surface area contributed by atoms with Crippen LogP contribution in [-0.2, 0) is 11.8 Å². The summed E-state index contributed by atoms with van der Waals surface area (Å²) in [4.78, 5) is 4.38. The lowest BCUT2D eigenvalue weighted by atomic mass is 9.98. The monoisotopic (exact) mass is 211 g/mol. The maximum Gasteiger partial charge on any atom is 0.125 e. The van der Waals surface area contributed by atoms with Gasteiger partial charge < -0.3 is 14.6 Å². The van der Waals surface area contributed by atoms with Crippen molar-refractivity contribution in [3.8, 4) is 0 Å². The van der Waals surface area contributed by atoms with Gasteiger partial charge in [0.05, 0.1) is 6.04 Å². The predicted molar refractivity (Wildman–Crippen MR) is 60.7 cm³/mol. The van der Waals surface area contributed by atoms with Gasteiger partial charge >= 0.3 is 0 Å². The van der Waals surface area contributed by atoms with Gasteiger partial charge in [0.1, 0.15) is 5.82 Å². The van der Waals surface area contributed by atoms with Gasteiger partial charge in [0.2, 0.25) is 0 Å². The molecule has 1 N–H and O–H groups in total. The fourth-order valence-electron chi connectivity index (χ4n) is 1.82. The second kappa shape index (κ2) is 5.88. The number of hydrogen-bond donors (Lipinski definition) is 1. The summed E-state index contributed by atoms with van der Waals surface area (Å²) in [7, 11) is 5.74. The van der Waals surface area contributed by atoms with Gasteiger partial charge in [0.15, 0.2) is 0 Å². The number of methoxy groups -OCH3 is 1. The van der Waals surface area contributed by atoms with Gasteiger partial charge in [0.25, 0.3) is 0 Å². The Morgan fingerprint density at radius 2 is 2.33 bits per heavy atom. The Balaban J connectivity index is 2.67. The molecule has 1 aromatic rings. The number of aryl methyl sites for hydroxylation is 1. The average Bonchev–Trinajstić information content (AvgIpc) is 2.63. The molecule has 2 unspecified atom stereocenters. The summed E-state index contributed by atoms with van der Waals surface area (Å²) < 4.78 is 7.16. The number of nitrogens with zero attached hydrogens (tertiary/aromatic N) is 2. The zero-order valence-corrected chi connectivity index (χ0v) is 10.0. The smallest absolute Gasteiger partial charge is 0.125 e. The van der Waals surface area contributed by atoms with Crippen LogP contribution in [0.4, 0.5) is 0 Å². The van der Waals surface area contributed by atoms with Crippen molar-refractivity contribution in [3.05, 3.63) is 18.2 Å². The van der Waals surface area contributed by atoms with Gasteiger partial charge in [-0.3, -0.25) is 0 Å². The Bertz CT molecular complexity index is 285. The molecule has 0 saturated heterocycles. The molecule has 15 heavy (non-hydrogen) atoms. The van der Waals surface area contributed by atoms with Gasteiger partial charge in [-0.1, -0.05) is 6.92 Å². The normalized spacial score (nSPS) is 15.2. The van der Waals surface area contributed by atoms with Crippen molar-refractivity contribution in [1.29, 1.82) is 0 Å². The van der Waals surface area contributed by atoms with Crippen LogP contribution in [0.1, 0.15) is 25.2 Å². The summed E-state index contributed by atoms with van der Waals surface area (Å²) >= 11 is 0. The third-order valence-corrected chi connectivity index (χ3v) is 2.79. The van der Waals surface area contributed by atoms with E-state index in [2.05, 4.69) is 21.8 Å². The summed E-state index contributed by atoms with van der Waals surface area (Å²) in [6, 6.07) is 0.292. The van der Waals surface area contributed by atoms with Gasteiger partial charge in [-0.25, -0.2) is 4.98 Å². The first-order valence-corrected chi connectivity index (χ1v) is 5.34. The predicted octanol–water partition coefficient (Wildman–Crippen LogP) is 1.35. The van der Waals surface area contributed by atoms with Crippen LogP contribution in [0.15, 0.2) is 12.4 Å². The van der Waals surface area contributed by atoms with E-state index < -0.39 is 0 Å². The minimum atomic E-state index is 0.292. The van der Waals surface area contributed by atoms with E-state index in [1.807, 2.05) is 26.5 Å². The Morgan fingerprint density at radius 3 is 2.80 bits per heavy atom. The van der Waals surface area contributed by atoms with Gasteiger partial charge in [-0.2, -0.15) is 0 Å². The minimum Gasteiger partial charge on any atom is -0.385 e. The van der Waals surface area contributed by atoms with Crippen LogP contribution in [0, 0.1) is 5.92 Å². The largest absolute Gasteiger partial charge is 0.385 e. The van der Waals surface area contributed by atoms with Crippen LogP contribution in [0.25, 0.3) is 0 Å². The van der Waals surface area contributed by atoms with Crippen LogP contribution in [0.3, 0.4) is 0 Å². The van der Waals surface area contributed by atoms with Crippen molar-refractivity contribution >= 4 is 0 Å². The molecule has 1 aromatic heterocycles. The zero-order valence-electron chi connectivity index (χ0n) is 10.0. The summed E-state index contributed by atoms with van der Waals surface area (Å²) in [5.74, 6) is 1.59. The van der Waals surface area contributed by atoms with Crippen molar-refractivity contribution in [3.63, 3.8) is 0 Å².